The zero-order valence-corrected chi connectivity index (χ0v) is 18.2. The van der Waals surface area contributed by atoms with E-state index in [1.54, 1.807) is 0 Å². The molecule has 0 N–H and O–H groups in total. The molecule has 0 unspecified atom stereocenters. The van der Waals surface area contributed by atoms with Crippen LogP contribution in [0.4, 0.5) is 5.69 Å². The minimum atomic E-state index is -0.353. The van der Waals surface area contributed by atoms with Gasteiger partial charge < -0.3 is 9.64 Å². The normalized spacial score (nSPS) is 19.8. The summed E-state index contributed by atoms with van der Waals surface area (Å²) >= 11 is 0. The van der Waals surface area contributed by atoms with E-state index in [0.29, 0.717) is 12.2 Å². The van der Waals surface area contributed by atoms with Gasteiger partial charge in [-0.25, -0.2) is 0 Å². The Labute approximate surface area is 179 Å². The maximum Gasteiger partial charge on any atom is 0.258 e. The highest BCUT2D eigenvalue weighted by Gasteiger charge is 2.47. The number of hydrogen-bond acceptors (Lipinski definition) is 2. The topological polar surface area (TPSA) is 29.5 Å². The average molecular weight is 400 g/mol. The van der Waals surface area contributed by atoms with E-state index in [2.05, 4.69) is 51.1 Å². The van der Waals surface area contributed by atoms with E-state index in [9.17, 15) is 4.79 Å². The van der Waals surface area contributed by atoms with Gasteiger partial charge in [-0.3, -0.25) is 4.79 Å². The van der Waals surface area contributed by atoms with E-state index >= 15 is 0 Å². The second-order valence-electron chi connectivity index (χ2n) is 8.80. The number of ether oxygens (including phenoxy) is 1. The van der Waals surface area contributed by atoms with Crippen LogP contribution in [0.15, 0.2) is 78.9 Å². The van der Waals surface area contributed by atoms with Crippen molar-refractivity contribution in [3.63, 3.8) is 0 Å². The number of carbonyl (C=O) groups is 1. The Morgan fingerprint density at radius 3 is 2.20 bits per heavy atom. The summed E-state index contributed by atoms with van der Waals surface area (Å²) in [6.45, 7) is 9.26. The molecular weight excluding hydrogens is 370 g/mol. The molecule has 0 fully saturated rings. The lowest BCUT2D eigenvalue weighted by atomic mass is 9.65. The summed E-state index contributed by atoms with van der Waals surface area (Å²) in [7, 11) is 0. The number of hydrogen-bond donors (Lipinski definition) is 0. The molecule has 1 aliphatic rings. The van der Waals surface area contributed by atoms with E-state index in [1.807, 2.05) is 60.4 Å². The first kappa shape index (κ1) is 20.2. The van der Waals surface area contributed by atoms with Crippen LogP contribution in [-0.2, 0) is 5.41 Å². The van der Waals surface area contributed by atoms with Gasteiger partial charge in [0.1, 0.15) is 5.75 Å². The Hall–Kier alpha value is -3.07. The van der Waals surface area contributed by atoms with Gasteiger partial charge in [-0.1, -0.05) is 55.5 Å². The van der Waals surface area contributed by atoms with Crippen molar-refractivity contribution in [1.29, 1.82) is 0 Å². The van der Waals surface area contributed by atoms with Crippen molar-refractivity contribution >= 4 is 11.6 Å². The van der Waals surface area contributed by atoms with E-state index in [0.717, 1.165) is 17.9 Å². The monoisotopic (exact) mass is 399 g/mol. The quantitative estimate of drug-likeness (QED) is 0.521. The van der Waals surface area contributed by atoms with Crippen LogP contribution < -0.4 is 9.64 Å². The Bertz CT molecular complexity index is 1040. The Morgan fingerprint density at radius 1 is 0.900 bits per heavy atom. The number of anilines is 1. The van der Waals surface area contributed by atoms with Crippen LogP contribution in [0.2, 0.25) is 0 Å². The number of carbonyl (C=O) groups excluding carboxylic acids is 1. The summed E-state index contributed by atoms with van der Waals surface area (Å²) in [6.07, 6.45) is 0.823. The molecule has 3 aromatic rings. The first-order valence-corrected chi connectivity index (χ1v) is 10.6. The molecule has 30 heavy (non-hydrogen) atoms. The lowest BCUT2D eigenvalue weighted by Crippen LogP contribution is -2.55. The van der Waals surface area contributed by atoms with Gasteiger partial charge in [-0.2, -0.15) is 0 Å². The van der Waals surface area contributed by atoms with E-state index in [-0.39, 0.29) is 16.9 Å². The van der Waals surface area contributed by atoms with Crippen LogP contribution in [0.25, 0.3) is 0 Å². The molecule has 3 heteroatoms. The molecule has 0 aliphatic carbocycles. The van der Waals surface area contributed by atoms with Gasteiger partial charge in [0.15, 0.2) is 0 Å². The van der Waals surface area contributed by atoms with Crippen LogP contribution in [0, 0.1) is 0 Å². The lowest BCUT2D eigenvalue weighted by Gasteiger charge is -2.51. The van der Waals surface area contributed by atoms with Crippen molar-refractivity contribution < 1.29 is 9.53 Å². The van der Waals surface area contributed by atoms with Gasteiger partial charge in [0.25, 0.3) is 5.91 Å². The van der Waals surface area contributed by atoms with Crippen LogP contribution in [0.1, 0.15) is 55.6 Å². The SMILES string of the molecule is CCOc1ccc([C@@]2(C)CC(C)(C)N(C(=O)c3ccccc3)c3ccccc32)cc1. The van der Waals surface area contributed by atoms with Crippen LogP contribution in [0.3, 0.4) is 0 Å². The summed E-state index contributed by atoms with van der Waals surface area (Å²) in [5.74, 6) is 0.927. The predicted octanol–water partition coefficient (Wildman–Crippen LogP) is 6.22. The molecule has 3 aromatic carbocycles. The zero-order chi connectivity index (χ0) is 21.4. The molecule has 0 saturated carbocycles. The number of amides is 1. The smallest absolute Gasteiger partial charge is 0.258 e. The summed E-state index contributed by atoms with van der Waals surface area (Å²) < 4.78 is 5.64. The van der Waals surface area contributed by atoms with Gasteiger partial charge >= 0.3 is 0 Å². The lowest BCUT2D eigenvalue weighted by molar-refractivity contribution is 0.0948. The van der Waals surface area contributed by atoms with Crippen molar-refractivity contribution in [2.45, 2.75) is 45.1 Å². The van der Waals surface area contributed by atoms with Gasteiger partial charge in [-0.05, 0) is 68.7 Å². The molecule has 0 saturated heterocycles. The summed E-state index contributed by atoms with van der Waals surface area (Å²) in [5, 5.41) is 0. The maximum atomic E-state index is 13.6. The highest BCUT2D eigenvalue weighted by atomic mass is 16.5. The van der Waals surface area contributed by atoms with E-state index < -0.39 is 0 Å². The fourth-order valence-corrected chi connectivity index (χ4v) is 4.94. The molecule has 1 amide bonds. The summed E-state index contributed by atoms with van der Waals surface area (Å²) in [6, 6.07) is 26.3. The minimum Gasteiger partial charge on any atom is -0.494 e. The Kier molecular flexibility index (Phi) is 5.15. The Morgan fingerprint density at radius 2 is 1.53 bits per heavy atom. The van der Waals surface area contributed by atoms with Crippen LogP contribution >= 0.6 is 0 Å². The summed E-state index contributed by atoms with van der Waals surface area (Å²) in [4.78, 5) is 15.5. The molecule has 4 rings (SSSR count). The van der Waals surface area contributed by atoms with Crippen molar-refractivity contribution in [3.8, 4) is 5.75 Å². The molecule has 0 aromatic heterocycles. The number of para-hydroxylation sites is 1. The summed E-state index contributed by atoms with van der Waals surface area (Å²) in [5.41, 5.74) is 3.55. The predicted molar refractivity (Wildman–Crippen MR) is 122 cm³/mol. The fraction of sp³-hybridized carbons (Fsp3) is 0.296. The molecule has 1 heterocycles. The van der Waals surface area contributed by atoms with Gasteiger partial charge in [0.2, 0.25) is 0 Å². The molecule has 0 spiro atoms. The first-order valence-electron chi connectivity index (χ1n) is 10.6. The average Bonchev–Trinajstić information content (AvgIpc) is 2.74. The minimum absolute atomic E-state index is 0.0433. The number of benzene rings is 3. The van der Waals surface area contributed by atoms with E-state index in [4.69, 9.17) is 4.74 Å². The molecule has 1 aliphatic heterocycles. The molecular formula is C27H29NO2. The molecule has 154 valence electrons. The third-order valence-corrected chi connectivity index (χ3v) is 6.16. The zero-order valence-electron chi connectivity index (χ0n) is 18.2. The van der Waals surface area contributed by atoms with Crippen molar-refractivity contribution in [1.82, 2.24) is 0 Å². The largest absolute Gasteiger partial charge is 0.494 e. The second-order valence-corrected chi connectivity index (χ2v) is 8.80. The fourth-order valence-electron chi connectivity index (χ4n) is 4.94. The van der Waals surface area contributed by atoms with Crippen LogP contribution in [0.5, 0.6) is 5.75 Å². The van der Waals surface area contributed by atoms with Gasteiger partial charge in [0, 0.05) is 22.2 Å². The molecule has 1 atom stereocenters. The third kappa shape index (κ3) is 3.39. The number of rotatable bonds is 4. The number of nitrogens with zero attached hydrogens (tertiary/aromatic N) is 1. The highest BCUT2D eigenvalue weighted by molar-refractivity contribution is 6.08. The van der Waals surface area contributed by atoms with Crippen molar-refractivity contribution in [2.24, 2.45) is 0 Å². The second kappa shape index (κ2) is 7.64. The maximum absolute atomic E-state index is 13.6. The van der Waals surface area contributed by atoms with E-state index in [1.165, 1.54) is 11.1 Å². The molecule has 0 bridgehead atoms. The molecule has 0 radical (unpaired) electrons. The highest BCUT2D eigenvalue weighted by Crippen LogP contribution is 2.50. The van der Waals surface area contributed by atoms with Crippen molar-refractivity contribution in [2.75, 3.05) is 11.5 Å². The van der Waals surface area contributed by atoms with Gasteiger partial charge in [-0.15, -0.1) is 0 Å². The van der Waals surface area contributed by atoms with Crippen molar-refractivity contribution in [3.05, 3.63) is 95.6 Å². The molecule has 3 nitrogen and oxygen atoms in total. The Balaban J connectivity index is 1.83. The standard InChI is InChI=1S/C27H29NO2/c1-5-30-22-17-15-21(16-18-22)27(4)19-26(2,3)28(24-14-10-9-13-23(24)27)25(29)20-11-7-6-8-12-20/h6-18H,5,19H2,1-4H3/t27-/m1/s1. The number of fused-ring (bicyclic) bond motifs is 1. The van der Waals surface area contributed by atoms with Gasteiger partial charge in [0.05, 0.1) is 6.61 Å². The third-order valence-electron chi connectivity index (χ3n) is 6.16. The van der Waals surface area contributed by atoms with Crippen LogP contribution in [-0.4, -0.2) is 18.1 Å². The first-order chi connectivity index (χ1) is 14.4.